The summed E-state index contributed by atoms with van der Waals surface area (Å²) in [7, 11) is 0. The summed E-state index contributed by atoms with van der Waals surface area (Å²) in [5, 5.41) is 0. The zero-order valence-electron chi connectivity index (χ0n) is 11.9. The number of hydrogen-bond acceptors (Lipinski definition) is 0. The summed E-state index contributed by atoms with van der Waals surface area (Å²) < 4.78 is 0. The second kappa shape index (κ2) is 3.79. The normalized spacial score (nSPS) is 32.6. The number of rotatable bonds is 4. The largest absolute Gasteiger partial charge is 0.0654 e. The predicted molar refractivity (Wildman–Crippen MR) is 69.0 cm³/mol. The molecule has 0 heteroatoms. The first-order chi connectivity index (χ1) is 6.69. The SMILES string of the molecule is CCCC(C)(C)C(C)(C)C1(C)CCC1C. The fourth-order valence-corrected chi connectivity index (χ4v) is 3.51. The summed E-state index contributed by atoms with van der Waals surface area (Å²) in [4.78, 5) is 0. The Bertz CT molecular complexity index is 224. The third kappa shape index (κ3) is 1.74. The summed E-state index contributed by atoms with van der Waals surface area (Å²) in [6, 6.07) is 0. The highest BCUT2D eigenvalue weighted by Gasteiger charge is 2.55. The molecule has 0 aromatic rings. The maximum Gasteiger partial charge on any atom is -0.0244 e. The lowest BCUT2D eigenvalue weighted by molar-refractivity contribution is -0.126. The molecule has 1 rings (SSSR count). The average molecular weight is 210 g/mol. The molecular formula is C15H30. The molecule has 0 heterocycles. The van der Waals surface area contributed by atoms with Crippen molar-refractivity contribution in [1.82, 2.24) is 0 Å². The molecule has 0 spiro atoms. The van der Waals surface area contributed by atoms with Crippen LogP contribution in [0.3, 0.4) is 0 Å². The van der Waals surface area contributed by atoms with Crippen molar-refractivity contribution in [2.24, 2.45) is 22.2 Å². The van der Waals surface area contributed by atoms with Gasteiger partial charge in [0.25, 0.3) is 0 Å². The zero-order chi connectivity index (χ0) is 11.9. The van der Waals surface area contributed by atoms with Gasteiger partial charge in [-0.3, -0.25) is 0 Å². The molecule has 0 bridgehead atoms. The topological polar surface area (TPSA) is 0 Å². The minimum Gasteiger partial charge on any atom is -0.0654 e. The van der Waals surface area contributed by atoms with Gasteiger partial charge in [-0.25, -0.2) is 0 Å². The van der Waals surface area contributed by atoms with E-state index in [2.05, 4.69) is 48.5 Å². The Labute approximate surface area is 96.8 Å². The van der Waals surface area contributed by atoms with Crippen molar-refractivity contribution >= 4 is 0 Å². The molecule has 90 valence electrons. The van der Waals surface area contributed by atoms with Crippen LogP contribution in [-0.2, 0) is 0 Å². The Hall–Kier alpha value is 0. The van der Waals surface area contributed by atoms with Gasteiger partial charge >= 0.3 is 0 Å². The van der Waals surface area contributed by atoms with Crippen LogP contribution >= 0.6 is 0 Å². The number of hydrogen-bond donors (Lipinski definition) is 0. The first-order valence-electron chi connectivity index (χ1n) is 6.69. The molecule has 1 aliphatic carbocycles. The molecule has 1 saturated carbocycles. The molecule has 0 aliphatic heterocycles. The average Bonchev–Trinajstić information content (AvgIpc) is 2.13. The molecular weight excluding hydrogens is 180 g/mol. The lowest BCUT2D eigenvalue weighted by Gasteiger charge is -2.62. The van der Waals surface area contributed by atoms with Crippen LogP contribution in [0.2, 0.25) is 0 Å². The predicted octanol–water partition coefficient (Wildman–Crippen LogP) is 5.28. The molecule has 0 amide bonds. The molecule has 15 heavy (non-hydrogen) atoms. The molecule has 2 atom stereocenters. The lowest BCUT2D eigenvalue weighted by Crippen LogP contribution is -2.54. The van der Waals surface area contributed by atoms with Gasteiger partial charge in [-0.2, -0.15) is 0 Å². The maximum atomic E-state index is 2.51. The molecule has 0 radical (unpaired) electrons. The van der Waals surface area contributed by atoms with E-state index >= 15 is 0 Å². The lowest BCUT2D eigenvalue weighted by atomic mass is 9.43. The van der Waals surface area contributed by atoms with Crippen LogP contribution in [0.5, 0.6) is 0 Å². The van der Waals surface area contributed by atoms with Gasteiger partial charge in [0.05, 0.1) is 0 Å². The van der Waals surface area contributed by atoms with E-state index in [1.165, 1.54) is 25.7 Å². The third-order valence-corrected chi connectivity index (χ3v) is 6.18. The summed E-state index contributed by atoms with van der Waals surface area (Å²) in [6.07, 6.45) is 5.51. The van der Waals surface area contributed by atoms with Gasteiger partial charge < -0.3 is 0 Å². The molecule has 0 aromatic carbocycles. The highest BCUT2D eigenvalue weighted by molar-refractivity contribution is 5.05. The van der Waals surface area contributed by atoms with Crippen LogP contribution in [0.1, 0.15) is 74.1 Å². The molecule has 1 fully saturated rings. The van der Waals surface area contributed by atoms with Crippen molar-refractivity contribution in [1.29, 1.82) is 0 Å². The Morgan fingerprint density at radius 1 is 1.20 bits per heavy atom. The first-order valence-corrected chi connectivity index (χ1v) is 6.69. The molecule has 2 unspecified atom stereocenters. The molecule has 0 N–H and O–H groups in total. The van der Waals surface area contributed by atoms with Crippen LogP contribution in [0.4, 0.5) is 0 Å². The zero-order valence-corrected chi connectivity index (χ0v) is 11.9. The highest BCUT2D eigenvalue weighted by atomic mass is 14.6. The molecule has 0 nitrogen and oxygen atoms in total. The van der Waals surface area contributed by atoms with Crippen molar-refractivity contribution < 1.29 is 0 Å². The highest BCUT2D eigenvalue weighted by Crippen LogP contribution is 2.64. The smallest absolute Gasteiger partial charge is 0.0244 e. The Balaban J connectivity index is 2.90. The van der Waals surface area contributed by atoms with Gasteiger partial charge in [0, 0.05) is 0 Å². The molecule has 0 aromatic heterocycles. The van der Waals surface area contributed by atoms with Crippen LogP contribution in [0.25, 0.3) is 0 Å². The van der Waals surface area contributed by atoms with Crippen LogP contribution in [-0.4, -0.2) is 0 Å². The van der Waals surface area contributed by atoms with Crippen LogP contribution < -0.4 is 0 Å². The van der Waals surface area contributed by atoms with E-state index < -0.39 is 0 Å². The fourth-order valence-electron chi connectivity index (χ4n) is 3.51. The molecule has 1 aliphatic rings. The maximum absolute atomic E-state index is 2.51. The van der Waals surface area contributed by atoms with E-state index in [-0.39, 0.29) is 0 Å². The second-order valence-corrected chi connectivity index (χ2v) is 7.12. The van der Waals surface area contributed by atoms with Gasteiger partial charge in [0.15, 0.2) is 0 Å². The summed E-state index contributed by atoms with van der Waals surface area (Å²) in [5.74, 6) is 0.906. The Morgan fingerprint density at radius 3 is 2.00 bits per heavy atom. The van der Waals surface area contributed by atoms with Crippen LogP contribution in [0, 0.1) is 22.2 Å². The Morgan fingerprint density at radius 2 is 1.73 bits per heavy atom. The van der Waals surface area contributed by atoms with E-state index in [4.69, 9.17) is 0 Å². The van der Waals surface area contributed by atoms with E-state index in [0.717, 1.165) is 5.92 Å². The monoisotopic (exact) mass is 210 g/mol. The minimum atomic E-state index is 0.452. The van der Waals surface area contributed by atoms with E-state index in [1.54, 1.807) is 0 Å². The first kappa shape index (κ1) is 13.1. The van der Waals surface area contributed by atoms with E-state index in [9.17, 15) is 0 Å². The quantitative estimate of drug-likeness (QED) is 0.592. The van der Waals surface area contributed by atoms with E-state index in [1.807, 2.05) is 0 Å². The van der Waals surface area contributed by atoms with Crippen molar-refractivity contribution in [2.75, 3.05) is 0 Å². The van der Waals surface area contributed by atoms with Crippen molar-refractivity contribution in [3.8, 4) is 0 Å². The minimum absolute atomic E-state index is 0.452. The van der Waals surface area contributed by atoms with Crippen molar-refractivity contribution in [3.63, 3.8) is 0 Å². The van der Waals surface area contributed by atoms with Gasteiger partial charge in [0.1, 0.15) is 0 Å². The van der Waals surface area contributed by atoms with Gasteiger partial charge in [-0.05, 0) is 41.4 Å². The second-order valence-electron chi connectivity index (χ2n) is 7.12. The standard InChI is InChI=1S/C15H30/c1-8-10-13(3,4)14(5,6)15(7)11-9-12(15)2/h12H,8-11H2,1-7H3. The van der Waals surface area contributed by atoms with Gasteiger partial charge in [-0.15, -0.1) is 0 Å². The summed E-state index contributed by atoms with van der Waals surface area (Å²) >= 11 is 0. The van der Waals surface area contributed by atoms with Gasteiger partial charge in [-0.1, -0.05) is 54.9 Å². The van der Waals surface area contributed by atoms with Crippen molar-refractivity contribution in [2.45, 2.75) is 74.1 Å². The third-order valence-electron chi connectivity index (χ3n) is 6.18. The van der Waals surface area contributed by atoms with Gasteiger partial charge in [0.2, 0.25) is 0 Å². The molecule has 0 saturated heterocycles. The summed E-state index contributed by atoms with van der Waals surface area (Å²) in [5.41, 5.74) is 1.48. The fraction of sp³-hybridized carbons (Fsp3) is 1.00. The Kier molecular flexibility index (Phi) is 3.30. The van der Waals surface area contributed by atoms with Crippen LogP contribution in [0.15, 0.2) is 0 Å². The van der Waals surface area contributed by atoms with Crippen molar-refractivity contribution in [3.05, 3.63) is 0 Å². The van der Waals surface area contributed by atoms with E-state index in [0.29, 0.717) is 16.2 Å². The summed E-state index contributed by atoms with van der Waals surface area (Å²) in [6.45, 7) is 17.2.